The van der Waals surface area contributed by atoms with Gasteiger partial charge in [0.15, 0.2) is 5.90 Å². The molecular weight excluding hydrogens is 262 g/mol. The second-order valence-electron chi connectivity index (χ2n) is 5.89. The quantitative estimate of drug-likeness (QED) is 0.806. The molecule has 1 spiro atoms. The van der Waals surface area contributed by atoms with Gasteiger partial charge in [0.05, 0.1) is 0 Å². The third kappa shape index (κ3) is 2.11. The monoisotopic (exact) mass is 279 g/mol. The molecule has 0 bridgehead atoms. The van der Waals surface area contributed by atoms with Crippen molar-refractivity contribution in [2.24, 2.45) is 4.99 Å². The molecule has 1 unspecified atom stereocenters. The van der Waals surface area contributed by atoms with Crippen molar-refractivity contribution < 1.29 is 4.74 Å². The van der Waals surface area contributed by atoms with E-state index in [-0.39, 0.29) is 5.54 Å². The highest BCUT2D eigenvalue weighted by Gasteiger charge is 2.39. The summed E-state index contributed by atoms with van der Waals surface area (Å²) in [6.45, 7) is 2.65. The lowest BCUT2D eigenvalue weighted by Crippen LogP contribution is -2.35. The van der Waals surface area contributed by atoms with Gasteiger partial charge in [0, 0.05) is 31.3 Å². The van der Waals surface area contributed by atoms with Crippen LogP contribution in [0.3, 0.4) is 0 Å². The molecule has 2 heterocycles. The number of aromatic nitrogens is 2. The summed E-state index contributed by atoms with van der Waals surface area (Å²) in [7, 11) is 0. The first-order valence-electron chi connectivity index (χ1n) is 7.31. The highest BCUT2D eigenvalue weighted by molar-refractivity contribution is 5.76. The topological polar surface area (TPSA) is 47.4 Å². The van der Waals surface area contributed by atoms with Crippen LogP contribution in [-0.2, 0) is 17.6 Å². The number of fused-ring (bicyclic) bond motifs is 1. The zero-order valence-electron chi connectivity index (χ0n) is 12.0. The van der Waals surface area contributed by atoms with Gasteiger partial charge in [0.25, 0.3) is 0 Å². The maximum atomic E-state index is 5.63. The van der Waals surface area contributed by atoms with Crippen molar-refractivity contribution in [3.05, 3.63) is 48.0 Å². The normalized spacial score (nSPS) is 23.6. The Balaban J connectivity index is 1.80. The summed E-state index contributed by atoms with van der Waals surface area (Å²) < 4.78 is 5.63. The molecule has 0 radical (unpaired) electrons. The van der Waals surface area contributed by atoms with Crippen molar-refractivity contribution in [3.63, 3.8) is 0 Å². The second-order valence-corrected chi connectivity index (χ2v) is 5.89. The first kappa shape index (κ1) is 12.5. The van der Waals surface area contributed by atoms with E-state index in [0.29, 0.717) is 6.61 Å². The van der Waals surface area contributed by atoms with Gasteiger partial charge in [-0.15, -0.1) is 0 Å². The number of rotatable bonds is 1. The molecule has 1 atom stereocenters. The smallest absolute Gasteiger partial charge is 0.180 e. The van der Waals surface area contributed by atoms with Crippen molar-refractivity contribution in [1.29, 1.82) is 0 Å². The molecule has 21 heavy (non-hydrogen) atoms. The van der Waals surface area contributed by atoms with Gasteiger partial charge in [0.2, 0.25) is 0 Å². The standard InChI is InChI=1S/C17H17N3O/c1-12-20-17(10-21-12)6-5-13-3-2-4-15(16(13)7-17)14-8-18-11-19-9-14/h2-4,8-9,11H,5-7,10H2,1H3. The molecule has 4 rings (SSSR count). The van der Waals surface area contributed by atoms with Gasteiger partial charge in [-0.3, -0.25) is 0 Å². The van der Waals surface area contributed by atoms with Crippen molar-refractivity contribution in [3.8, 4) is 11.1 Å². The molecule has 4 heteroatoms. The molecule has 0 amide bonds. The number of nitrogens with zero attached hydrogens (tertiary/aromatic N) is 3. The fourth-order valence-electron chi connectivity index (χ4n) is 3.43. The van der Waals surface area contributed by atoms with Gasteiger partial charge in [-0.2, -0.15) is 0 Å². The number of benzene rings is 1. The highest BCUT2D eigenvalue weighted by atomic mass is 16.5. The van der Waals surface area contributed by atoms with Crippen LogP contribution in [0, 0.1) is 0 Å². The van der Waals surface area contributed by atoms with E-state index in [4.69, 9.17) is 9.73 Å². The predicted octanol–water partition coefficient (Wildman–Crippen LogP) is 2.82. The van der Waals surface area contributed by atoms with Gasteiger partial charge in [-0.05, 0) is 29.5 Å². The first-order chi connectivity index (χ1) is 10.3. The number of hydrogen-bond donors (Lipinski definition) is 0. The van der Waals surface area contributed by atoms with E-state index in [1.165, 1.54) is 16.7 Å². The Morgan fingerprint density at radius 2 is 2.05 bits per heavy atom. The Labute approximate surface area is 123 Å². The molecule has 1 aromatic heterocycles. The number of hydrogen-bond acceptors (Lipinski definition) is 4. The fourth-order valence-corrected chi connectivity index (χ4v) is 3.43. The van der Waals surface area contributed by atoms with Crippen LogP contribution in [-0.4, -0.2) is 28.0 Å². The molecule has 1 aromatic carbocycles. The molecule has 0 saturated heterocycles. The van der Waals surface area contributed by atoms with Crippen LogP contribution in [0.2, 0.25) is 0 Å². The Bertz CT molecular complexity index is 711. The van der Waals surface area contributed by atoms with Crippen molar-refractivity contribution in [2.75, 3.05) is 6.61 Å². The van der Waals surface area contributed by atoms with E-state index in [1.807, 2.05) is 19.3 Å². The lowest BCUT2D eigenvalue weighted by atomic mass is 9.76. The third-order valence-corrected chi connectivity index (χ3v) is 4.45. The van der Waals surface area contributed by atoms with Crippen LogP contribution < -0.4 is 0 Å². The maximum Gasteiger partial charge on any atom is 0.180 e. The summed E-state index contributed by atoms with van der Waals surface area (Å²) in [5.74, 6) is 0.818. The number of aliphatic imine (C=N–C) groups is 1. The zero-order chi connectivity index (χ0) is 14.3. The molecule has 4 nitrogen and oxygen atoms in total. The molecular formula is C17H17N3O. The fraction of sp³-hybridized carbons (Fsp3) is 0.353. The Morgan fingerprint density at radius 1 is 1.19 bits per heavy atom. The molecule has 2 aromatic rings. The van der Waals surface area contributed by atoms with Crippen molar-refractivity contribution in [2.45, 2.75) is 31.7 Å². The van der Waals surface area contributed by atoms with Gasteiger partial charge in [-0.1, -0.05) is 18.2 Å². The molecule has 2 aliphatic rings. The molecule has 0 saturated carbocycles. The van der Waals surface area contributed by atoms with Gasteiger partial charge in [-0.25, -0.2) is 15.0 Å². The zero-order valence-corrected chi connectivity index (χ0v) is 12.0. The predicted molar refractivity (Wildman–Crippen MR) is 81.3 cm³/mol. The molecule has 0 N–H and O–H groups in total. The van der Waals surface area contributed by atoms with Crippen LogP contribution in [0.5, 0.6) is 0 Å². The second kappa shape index (κ2) is 4.65. The van der Waals surface area contributed by atoms with E-state index in [9.17, 15) is 0 Å². The van der Waals surface area contributed by atoms with E-state index in [0.717, 1.165) is 30.7 Å². The summed E-state index contributed by atoms with van der Waals surface area (Å²) in [6.07, 6.45) is 8.37. The number of ether oxygens (including phenoxy) is 1. The third-order valence-electron chi connectivity index (χ3n) is 4.45. The first-order valence-corrected chi connectivity index (χ1v) is 7.31. The average molecular weight is 279 g/mol. The van der Waals surface area contributed by atoms with Crippen molar-refractivity contribution >= 4 is 5.90 Å². The Morgan fingerprint density at radius 3 is 2.81 bits per heavy atom. The van der Waals surface area contributed by atoms with E-state index in [2.05, 4.69) is 28.2 Å². The number of aryl methyl sites for hydroxylation is 1. The van der Waals surface area contributed by atoms with Crippen molar-refractivity contribution in [1.82, 2.24) is 9.97 Å². The maximum absolute atomic E-state index is 5.63. The minimum absolute atomic E-state index is 0.0666. The van der Waals surface area contributed by atoms with Crippen LogP contribution >= 0.6 is 0 Å². The van der Waals surface area contributed by atoms with Gasteiger partial charge >= 0.3 is 0 Å². The molecule has 0 fully saturated rings. The minimum Gasteiger partial charge on any atom is -0.479 e. The summed E-state index contributed by atoms with van der Waals surface area (Å²) >= 11 is 0. The largest absolute Gasteiger partial charge is 0.479 e. The van der Waals surface area contributed by atoms with Crippen LogP contribution in [0.1, 0.15) is 24.5 Å². The molecule has 1 aliphatic heterocycles. The SMILES string of the molecule is CC1=NC2(CCc3cccc(-c4cncnc4)c3C2)CO1. The Hall–Kier alpha value is -2.23. The van der Waals surface area contributed by atoms with Gasteiger partial charge in [0.1, 0.15) is 18.5 Å². The molecule has 1 aliphatic carbocycles. The lowest BCUT2D eigenvalue weighted by Gasteiger charge is -2.32. The summed E-state index contributed by atoms with van der Waals surface area (Å²) in [5, 5.41) is 0. The Kier molecular flexibility index (Phi) is 2.77. The van der Waals surface area contributed by atoms with Gasteiger partial charge < -0.3 is 4.74 Å². The van der Waals surface area contributed by atoms with Crippen LogP contribution in [0.15, 0.2) is 41.9 Å². The lowest BCUT2D eigenvalue weighted by molar-refractivity contribution is 0.236. The van der Waals surface area contributed by atoms with E-state index < -0.39 is 0 Å². The highest BCUT2D eigenvalue weighted by Crippen LogP contribution is 2.39. The van der Waals surface area contributed by atoms with Crippen LogP contribution in [0.4, 0.5) is 0 Å². The summed E-state index contributed by atoms with van der Waals surface area (Å²) in [5.41, 5.74) is 5.03. The summed E-state index contributed by atoms with van der Waals surface area (Å²) in [4.78, 5) is 13.1. The minimum atomic E-state index is -0.0666. The van der Waals surface area contributed by atoms with E-state index >= 15 is 0 Å². The van der Waals surface area contributed by atoms with E-state index in [1.54, 1.807) is 6.33 Å². The van der Waals surface area contributed by atoms with Crippen LogP contribution in [0.25, 0.3) is 11.1 Å². The molecule has 106 valence electrons. The summed E-state index contributed by atoms with van der Waals surface area (Å²) in [6, 6.07) is 6.50. The average Bonchev–Trinajstić information content (AvgIpc) is 2.88.